The number of aromatic amines is 2. The highest BCUT2D eigenvalue weighted by atomic mass is 16.2. The van der Waals surface area contributed by atoms with Crippen LogP contribution in [0, 0.1) is 11.8 Å². The van der Waals surface area contributed by atoms with E-state index in [1.54, 1.807) is 0 Å². The van der Waals surface area contributed by atoms with Gasteiger partial charge in [-0.3, -0.25) is 9.78 Å². The molecule has 2 aromatic rings. The van der Waals surface area contributed by atoms with E-state index in [4.69, 9.17) is 0 Å². The van der Waals surface area contributed by atoms with Crippen molar-refractivity contribution in [1.29, 1.82) is 0 Å². The number of aromatic nitrogens is 2. The summed E-state index contributed by atoms with van der Waals surface area (Å²) >= 11 is 0. The number of hydrogen-bond acceptors (Lipinski definition) is 2. The maximum absolute atomic E-state index is 12.7. The fourth-order valence-electron chi connectivity index (χ4n) is 5.10. The van der Waals surface area contributed by atoms with Crippen LogP contribution >= 0.6 is 0 Å². The third kappa shape index (κ3) is 4.36. The van der Waals surface area contributed by atoms with Gasteiger partial charge in [0.1, 0.15) is 0 Å². The molecule has 1 atom stereocenters. The first-order chi connectivity index (χ1) is 14.2. The maximum atomic E-state index is 12.7. The van der Waals surface area contributed by atoms with Crippen molar-refractivity contribution < 1.29 is 0 Å². The number of aryl methyl sites for hydroxylation is 1. The highest BCUT2D eigenvalue weighted by Gasteiger charge is 2.29. The molecule has 2 N–H and O–H groups in total. The van der Waals surface area contributed by atoms with Crippen molar-refractivity contribution >= 4 is 0 Å². The molecule has 1 aromatic heterocycles. The Morgan fingerprint density at radius 2 is 1.72 bits per heavy atom. The Hall–Kier alpha value is -2.62. The van der Waals surface area contributed by atoms with Gasteiger partial charge in [-0.15, -0.1) is 0 Å². The molecular weight excluding hydrogens is 360 g/mol. The fraction of sp³-hybridized carbons (Fsp3) is 0.440. The summed E-state index contributed by atoms with van der Waals surface area (Å²) in [6.07, 6.45) is 15.9. The second kappa shape index (κ2) is 8.81. The topological polar surface area (TPSA) is 65.7 Å². The van der Waals surface area contributed by atoms with Crippen molar-refractivity contribution in [3.63, 3.8) is 0 Å². The van der Waals surface area contributed by atoms with Crippen LogP contribution in [-0.4, -0.2) is 9.97 Å². The van der Waals surface area contributed by atoms with Crippen molar-refractivity contribution in [2.45, 2.75) is 57.8 Å². The first-order valence-corrected chi connectivity index (χ1v) is 10.9. The molecule has 4 heteroatoms. The summed E-state index contributed by atoms with van der Waals surface area (Å²) in [6, 6.07) is 8.26. The molecule has 4 rings (SSSR count). The first-order valence-electron chi connectivity index (χ1n) is 10.9. The van der Waals surface area contributed by atoms with Crippen LogP contribution < -0.4 is 11.2 Å². The molecule has 1 heterocycles. The summed E-state index contributed by atoms with van der Waals surface area (Å²) in [5.74, 6) is 1.59. The zero-order valence-corrected chi connectivity index (χ0v) is 17.1. The quantitative estimate of drug-likeness (QED) is 0.782. The molecule has 1 unspecified atom stereocenters. The molecule has 4 nitrogen and oxygen atoms in total. The Morgan fingerprint density at radius 3 is 2.41 bits per heavy atom. The van der Waals surface area contributed by atoms with Gasteiger partial charge in [0, 0.05) is 17.7 Å². The van der Waals surface area contributed by atoms with Gasteiger partial charge in [-0.1, -0.05) is 55.5 Å². The Labute approximate surface area is 171 Å². The second-order valence-electron chi connectivity index (χ2n) is 8.42. The van der Waals surface area contributed by atoms with Gasteiger partial charge in [-0.2, -0.15) is 0 Å². The molecule has 0 radical (unpaired) electrons. The van der Waals surface area contributed by atoms with Gasteiger partial charge in [0.15, 0.2) is 0 Å². The molecule has 2 aliphatic carbocycles. The van der Waals surface area contributed by atoms with Gasteiger partial charge in [0.05, 0.1) is 0 Å². The number of H-pyrrole nitrogens is 2. The molecule has 0 spiro atoms. The van der Waals surface area contributed by atoms with Gasteiger partial charge >= 0.3 is 5.69 Å². The number of nitrogens with one attached hydrogen (secondary N) is 2. The van der Waals surface area contributed by atoms with Crippen LogP contribution in [0.4, 0.5) is 0 Å². The zero-order valence-electron chi connectivity index (χ0n) is 17.1. The lowest BCUT2D eigenvalue weighted by atomic mass is 9.72. The third-order valence-corrected chi connectivity index (χ3v) is 6.74. The lowest BCUT2D eigenvalue weighted by molar-refractivity contribution is 0.262. The molecule has 2 aliphatic rings. The van der Waals surface area contributed by atoms with Crippen LogP contribution in [-0.2, 0) is 12.8 Å². The average molecular weight is 391 g/mol. The molecule has 1 fully saturated rings. The van der Waals surface area contributed by atoms with Gasteiger partial charge in [-0.25, -0.2) is 4.79 Å². The summed E-state index contributed by atoms with van der Waals surface area (Å²) in [7, 11) is 0. The SMILES string of the molecule is CCc1ccccc1Cc1c(C2CCC(C3C=CC=CC3)CC2)[nH]c(=O)[nH]c1=O. The highest BCUT2D eigenvalue weighted by molar-refractivity contribution is 5.34. The summed E-state index contributed by atoms with van der Waals surface area (Å²) in [6.45, 7) is 2.13. The van der Waals surface area contributed by atoms with Crippen LogP contribution in [0.25, 0.3) is 0 Å². The molecule has 0 bridgehead atoms. The monoisotopic (exact) mass is 390 g/mol. The highest BCUT2D eigenvalue weighted by Crippen LogP contribution is 2.40. The number of rotatable bonds is 5. The Balaban J connectivity index is 1.58. The van der Waals surface area contributed by atoms with E-state index in [-0.39, 0.29) is 17.2 Å². The molecule has 152 valence electrons. The standard InChI is InChI=1S/C25H30N2O2/c1-2-17-8-6-7-11-21(17)16-22-23(26-25(29)27-24(22)28)20-14-12-19(13-15-20)18-9-4-3-5-10-18/h3-9,11,18-20H,2,10,12-16H2,1H3,(H2,26,27,28,29). The smallest absolute Gasteiger partial charge is 0.311 e. The van der Waals surface area contributed by atoms with Crippen molar-refractivity contribution in [1.82, 2.24) is 9.97 Å². The van der Waals surface area contributed by atoms with Gasteiger partial charge in [0.2, 0.25) is 0 Å². The van der Waals surface area contributed by atoms with E-state index in [9.17, 15) is 9.59 Å². The van der Waals surface area contributed by atoms with Crippen LogP contribution in [0.15, 0.2) is 58.2 Å². The minimum absolute atomic E-state index is 0.239. The van der Waals surface area contributed by atoms with Crippen molar-refractivity contribution in [3.8, 4) is 0 Å². The van der Waals surface area contributed by atoms with E-state index < -0.39 is 0 Å². The first kappa shape index (κ1) is 19.7. The average Bonchev–Trinajstić information content (AvgIpc) is 2.76. The maximum Gasteiger partial charge on any atom is 0.325 e. The van der Waals surface area contributed by atoms with E-state index in [0.717, 1.165) is 49.8 Å². The lowest BCUT2D eigenvalue weighted by Crippen LogP contribution is -2.31. The van der Waals surface area contributed by atoms with E-state index in [1.807, 2.05) is 12.1 Å². The Bertz CT molecular complexity index is 1020. The minimum atomic E-state index is -0.389. The van der Waals surface area contributed by atoms with E-state index in [0.29, 0.717) is 18.3 Å². The Kier molecular flexibility index (Phi) is 5.98. The predicted octanol–water partition coefficient (Wildman–Crippen LogP) is 4.62. The zero-order chi connectivity index (χ0) is 20.2. The normalized spacial score (nSPS) is 24.0. The van der Waals surface area contributed by atoms with Crippen LogP contribution in [0.3, 0.4) is 0 Å². The van der Waals surface area contributed by atoms with E-state index in [2.05, 4.69) is 53.3 Å². The van der Waals surface area contributed by atoms with Crippen LogP contribution in [0.2, 0.25) is 0 Å². The van der Waals surface area contributed by atoms with Crippen molar-refractivity contribution in [3.05, 3.63) is 91.8 Å². The molecule has 1 saturated carbocycles. The van der Waals surface area contributed by atoms with E-state index >= 15 is 0 Å². The third-order valence-electron chi connectivity index (χ3n) is 6.74. The molecule has 0 saturated heterocycles. The largest absolute Gasteiger partial charge is 0.325 e. The number of allylic oxidation sites excluding steroid dienone is 4. The Morgan fingerprint density at radius 1 is 0.966 bits per heavy atom. The molecule has 1 aromatic carbocycles. The van der Waals surface area contributed by atoms with Crippen LogP contribution in [0.5, 0.6) is 0 Å². The lowest BCUT2D eigenvalue weighted by Gasteiger charge is -2.33. The minimum Gasteiger partial charge on any atom is -0.311 e. The fourth-order valence-corrected chi connectivity index (χ4v) is 5.10. The van der Waals surface area contributed by atoms with Gasteiger partial charge in [-0.05, 0) is 67.4 Å². The summed E-state index contributed by atoms with van der Waals surface area (Å²) in [4.78, 5) is 30.2. The second-order valence-corrected chi connectivity index (χ2v) is 8.42. The summed E-state index contributed by atoms with van der Waals surface area (Å²) in [5.41, 5.74) is 3.39. The molecular formula is C25H30N2O2. The summed E-state index contributed by atoms with van der Waals surface area (Å²) in [5, 5.41) is 0. The molecule has 0 aliphatic heterocycles. The van der Waals surface area contributed by atoms with Gasteiger partial charge < -0.3 is 4.98 Å². The van der Waals surface area contributed by atoms with Gasteiger partial charge in [0.25, 0.3) is 5.56 Å². The molecule has 29 heavy (non-hydrogen) atoms. The van der Waals surface area contributed by atoms with E-state index in [1.165, 1.54) is 11.1 Å². The number of benzene rings is 1. The summed E-state index contributed by atoms with van der Waals surface area (Å²) < 4.78 is 0. The number of hydrogen-bond donors (Lipinski definition) is 2. The molecule has 0 amide bonds. The predicted molar refractivity (Wildman–Crippen MR) is 117 cm³/mol. The van der Waals surface area contributed by atoms with Crippen molar-refractivity contribution in [2.75, 3.05) is 0 Å². The van der Waals surface area contributed by atoms with Crippen LogP contribution in [0.1, 0.15) is 67.3 Å². The van der Waals surface area contributed by atoms with Crippen molar-refractivity contribution in [2.24, 2.45) is 11.8 Å².